The summed E-state index contributed by atoms with van der Waals surface area (Å²) in [6, 6.07) is 1.48. The van der Waals surface area contributed by atoms with E-state index in [0.29, 0.717) is 6.04 Å². The molecule has 1 N–H and O–H groups in total. The molecule has 10 heavy (non-hydrogen) atoms. The van der Waals surface area contributed by atoms with Crippen molar-refractivity contribution in [3.8, 4) is 0 Å². The van der Waals surface area contributed by atoms with Crippen molar-refractivity contribution in [2.75, 3.05) is 0 Å². The molecule has 60 valence electrons. The van der Waals surface area contributed by atoms with E-state index in [2.05, 4.69) is 26.1 Å². The minimum atomic E-state index is 0.662. The van der Waals surface area contributed by atoms with Crippen LogP contribution in [0.3, 0.4) is 0 Å². The Morgan fingerprint density at radius 1 is 1.30 bits per heavy atom. The molecule has 2 atom stereocenters. The maximum Gasteiger partial charge on any atom is 0.00720 e. The highest BCUT2D eigenvalue weighted by atomic mass is 14.9. The Bertz CT molecular complexity index is 98.9. The summed E-state index contributed by atoms with van der Waals surface area (Å²) in [7, 11) is 0. The first-order valence-corrected chi connectivity index (χ1v) is 4.44. The van der Waals surface area contributed by atoms with Gasteiger partial charge in [0, 0.05) is 12.1 Å². The zero-order valence-corrected chi connectivity index (χ0v) is 7.35. The van der Waals surface area contributed by atoms with Crippen LogP contribution in [0, 0.1) is 5.92 Å². The zero-order chi connectivity index (χ0) is 7.56. The van der Waals surface area contributed by atoms with Crippen molar-refractivity contribution in [1.29, 1.82) is 0 Å². The van der Waals surface area contributed by atoms with Crippen molar-refractivity contribution in [2.24, 2.45) is 5.92 Å². The third-order valence-electron chi connectivity index (χ3n) is 2.26. The zero-order valence-electron chi connectivity index (χ0n) is 7.35. The van der Waals surface area contributed by atoms with Gasteiger partial charge in [-0.2, -0.15) is 0 Å². The van der Waals surface area contributed by atoms with Crippen LogP contribution in [0.25, 0.3) is 0 Å². The number of hydrogen-bond acceptors (Lipinski definition) is 1. The van der Waals surface area contributed by atoms with Crippen LogP contribution in [-0.4, -0.2) is 12.1 Å². The average molecular weight is 141 g/mol. The van der Waals surface area contributed by atoms with Gasteiger partial charge < -0.3 is 5.32 Å². The molecule has 1 aliphatic carbocycles. The maximum atomic E-state index is 3.57. The second-order valence-corrected chi connectivity index (χ2v) is 3.94. The van der Waals surface area contributed by atoms with E-state index in [4.69, 9.17) is 0 Å². The Labute approximate surface area is 64.2 Å². The summed E-state index contributed by atoms with van der Waals surface area (Å²) in [5, 5.41) is 3.57. The van der Waals surface area contributed by atoms with E-state index in [0.717, 1.165) is 12.0 Å². The Balaban J connectivity index is 2.18. The molecule has 1 rings (SSSR count). The topological polar surface area (TPSA) is 12.0 Å². The molecule has 0 aromatic heterocycles. The van der Waals surface area contributed by atoms with E-state index in [1.54, 1.807) is 0 Å². The van der Waals surface area contributed by atoms with Gasteiger partial charge in [-0.3, -0.25) is 0 Å². The SMILES string of the molecule is CC(C)NC1CC[C@@H](C)C1. The summed E-state index contributed by atoms with van der Waals surface area (Å²) in [4.78, 5) is 0. The molecule has 1 heteroatoms. The second-order valence-electron chi connectivity index (χ2n) is 3.94. The van der Waals surface area contributed by atoms with Gasteiger partial charge in [0.15, 0.2) is 0 Å². The van der Waals surface area contributed by atoms with Crippen molar-refractivity contribution >= 4 is 0 Å². The third-order valence-corrected chi connectivity index (χ3v) is 2.26. The van der Waals surface area contributed by atoms with Gasteiger partial charge in [0.2, 0.25) is 0 Å². The highest BCUT2D eigenvalue weighted by Crippen LogP contribution is 2.24. The molecule has 0 aliphatic heterocycles. The fourth-order valence-electron chi connectivity index (χ4n) is 1.83. The van der Waals surface area contributed by atoms with Gasteiger partial charge in [-0.25, -0.2) is 0 Å². The lowest BCUT2D eigenvalue weighted by atomic mass is 10.1. The van der Waals surface area contributed by atoms with Crippen molar-refractivity contribution in [3.63, 3.8) is 0 Å². The first kappa shape index (κ1) is 8.06. The van der Waals surface area contributed by atoms with Crippen LogP contribution in [0.4, 0.5) is 0 Å². The van der Waals surface area contributed by atoms with Gasteiger partial charge in [-0.05, 0) is 25.2 Å². The highest BCUT2D eigenvalue weighted by molar-refractivity contribution is 4.79. The molecule has 0 radical (unpaired) electrons. The molecular formula is C9H19N. The van der Waals surface area contributed by atoms with Crippen molar-refractivity contribution in [1.82, 2.24) is 5.32 Å². The second kappa shape index (κ2) is 3.38. The molecule has 0 amide bonds. The molecular weight excluding hydrogens is 122 g/mol. The first-order chi connectivity index (χ1) is 4.68. The van der Waals surface area contributed by atoms with Crippen LogP contribution in [0.5, 0.6) is 0 Å². The number of rotatable bonds is 2. The van der Waals surface area contributed by atoms with Gasteiger partial charge >= 0.3 is 0 Å². The molecule has 0 aromatic rings. The highest BCUT2D eigenvalue weighted by Gasteiger charge is 2.20. The van der Waals surface area contributed by atoms with Gasteiger partial charge in [0.1, 0.15) is 0 Å². The molecule has 0 aromatic carbocycles. The molecule has 1 saturated carbocycles. The predicted molar refractivity (Wildman–Crippen MR) is 45.1 cm³/mol. The lowest BCUT2D eigenvalue weighted by molar-refractivity contribution is 0.458. The van der Waals surface area contributed by atoms with E-state index in [1.807, 2.05) is 0 Å². The van der Waals surface area contributed by atoms with E-state index in [1.165, 1.54) is 19.3 Å². The summed E-state index contributed by atoms with van der Waals surface area (Å²) in [5.41, 5.74) is 0. The lowest BCUT2D eigenvalue weighted by Gasteiger charge is -2.14. The molecule has 0 bridgehead atoms. The number of hydrogen-bond donors (Lipinski definition) is 1. The summed E-state index contributed by atoms with van der Waals surface area (Å²) < 4.78 is 0. The van der Waals surface area contributed by atoms with Crippen LogP contribution in [0.2, 0.25) is 0 Å². The van der Waals surface area contributed by atoms with Crippen LogP contribution in [0.1, 0.15) is 40.0 Å². The molecule has 0 heterocycles. The van der Waals surface area contributed by atoms with Crippen LogP contribution in [0.15, 0.2) is 0 Å². The van der Waals surface area contributed by atoms with E-state index >= 15 is 0 Å². The summed E-state index contributed by atoms with van der Waals surface area (Å²) >= 11 is 0. The van der Waals surface area contributed by atoms with Gasteiger partial charge in [0.25, 0.3) is 0 Å². The normalized spacial score (nSPS) is 33.6. The molecule has 0 saturated heterocycles. The van der Waals surface area contributed by atoms with E-state index in [-0.39, 0.29) is 0 Å². The first-order valence-electron chi connectivity index (χ1n) is 4.44. The minimum Gasteiger partial charge on any atom is -0.312 e. The van der Waals surface area contributed by atoms with Gasteiger partial charge in [-0.15, -0.1) is 0 Å². The van der Waals surface area contributed by atoms with E-state index < -0.39 is 0 Å². The maximum absolute atomic E-state index is 3.57. The van der Waals surface area contributed by atoms with Crippen molar-refractivity contribution in [2.45, 2.75) is 52.1 Å². The number of nitrogens with one attached hydrogen (secondary N) is 1. The van der Waals surface area contributed by atoms with Crippen molar-refractivity contribution in [3.05, 3.63) is 0 Å². The fourth-order valence-corrected chi connectivity index (χ4v) is 1.83. The summed E-state index contributed by atoms with van der Waals surface area (Å²) in [6.45, 7) is 6.80. The average Bonchev–Trinajstić information content (AvgIpc) is 2.13. The Kier molecular flexibility index (Phi) is 2.72. The monoisotopic (exact) mass is 141 g/mol. The lowest BCUT2D eigenvalue weighted by Crippen LogP contribution is -2.32. The quantitative estimate of drug-likeness (QED) is 0.621. The van der Waals surface area contributed by atoms with Gasteiger partial charge in [-0.1, -0.05) is 20.8 Å². The van der Waals surface area contributed by atoms with Crippen molar-refractivity contribution < 1.29 is 0 Å². The largest absolute Gasteiger partial charge is 0.312 e. The molecule has 1 aliphatic rings. The fraction of sp³-hybridized carbons (Fsp3) is 1.00. The third kappa shape index (κ3) is 2.30. The van der Waals surface area contributed by atoms with Crippen LogP contribution in [-0.2, 0) is 0 Å². The van der Waals surface area contributed by atoms with E-state index in [9.17, 15) is 0 Å². The standard InChI is InChI=1S/C9H19N/c1-7(2)10-9-5-4-8(3)6-9/h7-10H,4-6H2,1-3H3/t8-,9?/m1/s1. The Morgan fingerprint density at radius 3 is 2.40 bits per heavy atom. The Morgan fingerprint density at radius 2 is 2.00 bits per heavy atom. The molecule has 1 nitrogen and oxygen atoms in total. The predicted octanol–water partition coefficient (Wildman–Crippen LogP) is 2.17. The van der Waals surface area contributed by atoms with Crippen LogP contribution >= 0.6 is 0 Å². The van der Waals surface area contributed by atoms with Gasteiger partial charge in [0.05, 0.1) is 0 Å². The summed E-state index contributed by atoms with van der Waals surface area (Å²) in [6.07, 6.45) is 4.20. The molecule has 1 unspecified atom stereocenters. The summed E-state index contributed by atoms with van der Waals surface area (Å²) in [5.74, 6) is 0.955. The smallest absolute Gasteiger partial charge is 0.00720 e. The van der Waals surface area contributed by atoms with Crippen LogP contribution < -0.4 is 5.32 Å². The Hall–Kier alpha value is -0.0400. The molecule has 0 spiro atoms. The minimum absolute atomic E-state index is 0.662. The molecule has 1 fully saturated rings.